The van der Waals surface area contributed by atoms with Gasteiger partial charge in [-0.1, -0.05) is 26.7 Å². The van der Waals surface area contributed by atoms with Crippen molar-refractivity contribution in [3.8, 4) is 0 Å². The van der Waals surface area contributed by atoms with Crippen LogP contribution in [-0.4, -0.2) is 26.2 Å². The number of hydrogen-bond donors (Lipinski definition) is 1. The zero-order chi connectivity index (χ0) is 15.1. The summed E-state index contributed by atoms with van der Waals surface area (Å²) in [6, 6.07) is 5.31. The molecule has 20 heavy (non-hydrogen) atoms. The average Bonchev–Trinajstić information content (AvgIpc) is 2.49. The van der Waals surface area contributed by atoms with E-state index in [9.17, 15) is 4.79 Å². The second kappa shape index (κ2) is 7.78. The quantitative estimate of drug-likeness (QED) is 0.614. The van der Waals surface area contributed by atoms with Crippen molar-refractivity contribution in [2.75, 3.05) is 30.8 Å². The van der Waals surface area contributed by atoms with E-state index in [4.69, 9.17) is 10.5 Å². The van der Waals surface area contributed by atoms with E-state index < -0.39 is 0 Å². The lowest BCUT2D eigenvalue weighted by molar-refractivity contribution is 0.0601. The number of nitrogens with two attached hydrogens (primary N) is 1. The van der Waals surface area contributed by atoms with E-state index in [-0.39, 0.29) is 5.97 Å². The Bertz CT molecular complexity index is 442. The highest BCUT2D eigenvalue weighted by Gasteiger charge is 2.15. The molecule has 0 saturated heterocycles. The van der Waals surface area contributed by atoms with Crippen molar-refractivity contribution in [2.45, 2.75) is 33.6 Å². The third kappa shape index (κ3) is 3.89. The molecule has 0 heterocycles. The van der Waals surface area contributed by atoms with E-state index in [0.717, 1.165) is 31.6 Å². The smallest absolute Gasteiger partial charge is 0.337 e. The van der Waals surface area contributed by atoms with Gasteiger partial charge < -0.3 is 15.4 Å². The van der Waals surface area contributed by atoms with Gasteiger partial charge in [-0.3, -0.25) is 0 Å². The van der Waals surface area contributed by atoms with Crippen molar-refractivity contribution in [1.82, 2.24) is 0 Å². The van der Waals surface area contributed by atoms with Gasteiger partial charge >= 0.3 is 5.97 Å². The van der Waals surface area contributed by atoms with Crippen LogP contribution >= 0.6 is 0 Å². The summed E-state index contributed by atoms with van der Waals surface area (Å²) in [6.07, 6.45) is 2.28. The molecule has 0 aliphatic rings. The molecule has 0 unspecified atom stereocenters. The predicted octanol–water partition coefficient (Wildman–Crippen LogP) is 3.32. The maximum atomic E-state index is 11.6. The maximum absolute atomic E-state index is 11.6. The van der Waals surface area contributed by atoms with Crippen LogP contribution in [0, 0.1) is 5.92 Å². The molecule has 0 aliphatic carbocycles. The molecule has 4 nitrogen and oxygen atoms in total. The Morgan fingerprint density at radius 1 is 1.30 bits per heavy atom. The largest absolute Gasteiger partial charge is 0.465 e. The van der Waals surface area contributed by atoms with Crippen molar-refractivity contribution >= 4 is 17.3 Å². The molecule has 0 amide bonds. The van der Waals surface area contributed by atoms with Gasteiger partial charge in [-0.2, -0.15) is 0 Å². The van der Waals surface area contributed by atoms with Crippen molar-refractivity contribution in [3.63, 3.8) is 0 Å². The Morgan fingerprint density at radius 3 is 2.45 bits per heavy atom. The summed E-state index contributed by atoms with van der Waals surface area (Å²) in [6.45, 7) is 8.34. The topological polar surface area (TPSA) is 55.6 Å². The molecular weight excluding hydrogens is 252 g/mol. The van der Waals surface area contributed by atoms with Crippen LogP contribution in [-0.2, 0) is 4.74 Å². The van der Waals surface area contributed by atoms with Crippen LogP contribution in [0.25, 0.3) is 0 Å². The van der Waals surface area contributed by atoms with Crippen LogP contribution in [0.1, 0.15) is 44.0 Å². The van der Waals surface area contributed by atoms with Gasteiger partial charge in [0.2, 0.25) is 0 Å². The minimum atomic E-state index is -0.329. The molecule has 0 aromatic heterocycles. The van der Waals surface area contributed by atoms with Crippen LogP contribution in [0.2, 0.25) is 0 Å². The van der Waals surface area contributed by atoms with Crippen molar-refractivity contribution in [3.05, 3.63) is 23.8 Å². The number of hydrogen-bond acceptors (Lipinski definition) is 4. The molecule has 0 aliphatic heterocycles. The fraction of sp³-hybridized carbons (Fsp3) is 0.562. The molecule has 1 aromatic rings. The van der Waals surface area contributed by atoms with Crippen LogP contribution in [0.3, 0.4) is 0 Å². The van der Waals surface area contributed by atoms with E-state index in [0.29, 0.717) is 17.2 Å². The summed E-state index contributed by atoms with van der Waals surface area (Å²) >= 11 is 0. The Hall–Kier alpha value is -1.71. The first-order valence-corrected chi connectivity index (χ1v) is 7.30. The first-order chi connectivity index (χ1) is 9.57. The zero-order valence-electron chi connectivity index (χ0n) is 13.0. The fourth-order valence-corrected chi connectivity index (χ4v) is 2.32. The molecule has 112 valence electrons. The summed E-state index contributed by atoms with van der Waals surface area (Å²) < 4.78 is 4.77. The third-order valence-corrected chi connectivity index (χ3v) is 3.81. The molecule has 4 heteroatoms. The maximum Gasteiger partial charge on any atom is 0.337 e. The Balaban J connectivity index is 3.04. The highest BCUT2D eigenvalue weighted by Crippen LogP contribution is 2.26. The summed E-state index contributed by atoms with van der Waals surface area (Å²) in [7, 11) is 1.39. The van der Waals surface area contributed by atoms with Crippen LogP contribution in [0.4, 0.5) is 11.4 Å². The summed E-state index contributed by atoms with van der Waals surface area (Å²) in [4.78, 5) is 13.9. The highest BCUT2D eigenvalue weighted by molar-refractivity contribution is 5.92. The first-order valence-electron chi connectivity index (χ1n) is 7.30. The number of anilines is 2. The summed E-state index contributed by atoms with van der Waals surface area (Å²) in [5.41, 5.74) is 8.23. The Morgan fingerprint density at radius 2 is 1.95 bits per heavy atom. The number of benzene rings is 1. The fourth-order valence-electron chi connectivity index (χ4n) is 2.32. The second-order valence-corrected chi connectivity index (χ2v) is 4.99. The van der Waals surface area contributed by atoms with Crippen molar-refractivity contribution < 1.29 is 9.53 Å². The number of esters is 1. The van der Waals surface area contributed by atoms with Gasteiger partial charge in [-0.05, 0) is 31.0 Å². The molecule has 0 bridgehead atoms. The minimum absolute atomic E-state index is 0.329. The standard InChI is InChI=1S/C16H26N2O2/c1-5-12(6-2)11-18(7-3)15-10-13(16(19)20-4)8-9-14(15)17/h8-10,12H,5-7,11,17H2,1-4H3. The van der Waals surface area contributed by atoms with Gasteiger partial charge in [0, 0.05) is 13.1 Å². The average molecular weight is 278 g/mol. The highest BCUT2D eigenvalue weighted by atomic mass is 16.5. The monoisotopic (exact) mass is 278 g/mol. The molecule has 0 radical (unpaired) electrons. The molecule has 0 saturated carbocycles. The van der Waals surface area contributed by atoms with E-state index in [2.05, 4.69) is 25.7 Å². The minimum Gasteiger partial charge on any atom is -0.465 e. The predicted molar refractivity (Wildman–Crippen MR) is 84.2 cm³/mol. The van der Waals surface area contributed by atoms with Crippen molar-refractivity contribution in [1.29, 1.82) is 0 Å². The molecule has 0 fully saturated rings. The number of carbonyl (C=O) groups excluding carboxylic acids is 1. The van der Waals surface area contributed by atoms with Crippen LogP contribution in [0.15, 0.2) is 18.2 Å². The number of nitrogen functional groups attached to an aromatic ring is 1. The Labute approximate surface area is 121 Å². The SMILES string of the molecule is CCC(CC)CN(CC)c1cc(C(=O)OC)ccc1N. The second-order valence-electron chi connectivity index (χ2n) is 4.99. The van der Waals surface area contributed by atoms with Gasteiger partial charge in [0.15, 0.2) is 0 Å². The molecule has 0 spiro atoms. The van der Waals surface area contributed by atoms with Gasteiger partial charge in [0.25, 0.3) is 0 Å². The molecule has 2 N–H and O–H groups in total. The van der Waals surface area contributed by atoms with Gasteiger partial charge in [-0.15, -0.1) is 0 Å². The van der Waals surface area contributed by atoms with Gasteiger partial charge in [-0.25, -0.2) is 4.79 Å². The molecule has 1 rings (SSSR count). The lowest BCUT2D eigenvalue weighted by atomic mass is 10.0. The van der Waals surface area contributed by atoms with Crippen molar-refractivity contribution in [2.24, 2.45) is 5.92 Å². The first kappa shape index (κ1) is 16.3. The summed E-state index contributed by atoms with van der Waals surface area (Å²) in [5.74, 6) is 0.306. The number of rotatable bonds is 7. The lowest BCUT2D eigenvalue weighted by Crippen LogP contribution is -2.29. The molecule has 0 atom stereocenters. The van der Waals surface area contributed by atoms with Crippen LogP contribution in [0.5, 0.6) is 0 Å². The van der Waals surface area contributed by atoms with Gasteiger partial charge in [0.05, 0.1) is 24.0 Å². The van der Waals surface area contributed by atoms with Crippen LogP contribution < -0.4 is 10.6 Å². The van der Waals surface area contributed by atoms with E-state index in [1.54, 1.807) is 12.1 Å². The summed E-state index contributed by atoms with van der Waals surface area (Å²) in [5, 5.41) is 0. The number of nitrogens with zero attached hydrogens (tertiary/aromatic N) is 1. The number of methoxy groups -OCH3 is 1. The van der Waals surface area contributed by atoms with E-state index in [1.165, 1.54) is 7.11 Å². The third-order valence-electron chi connectivity index (χ3n) is 3.81. The Kier molecular flexibility index (Phi) is 6.36. The molecular formula is C16H26N2O2. The number of carbonyl (C=O) groups is 1. The lowest BCUT2D eigenvalue weighted by Gasteiger charge is -2.28. The number of ether oxygens (including phenoxy) is 1. The zero-order valence-corrected chi connectivity index (χ0v) is 13.0. The van der Waals surface area contributed by atoms with Gasteiger partial charge in [0.1, 0.15) is 0 Å². The van der Waals surface area contributed by atoms with E-state index >= 15 is 0 Å². The molecule has 1 aromatic carbocycles. The normalized spacial score (nSPS) is 10.7. The van der Waals surface area contributed by atoms with E-state index in [1.807, 2.05) is 6.07 Å².